The van der Waals surface area contributed by atoms with Gasteiger partial charge in [-0.1, -0.05) is 11.6 Å². The summed E-state index contributed by atoms with van der Waals surface area (Å²) in [5, 5.41) is 0.498. The molecule has 5 nitrogen and oxygen atoms in total. The molecule has 0 aliphatic rings. The van der Waals surface area contributed by atoms with Gasteiger partial charge < -0.3 is 4.98 Å². The Morgan fingerprint density at radius 1 is 1.29 bits per heavy atom. The van der Waals surface area contributed by atoms with Crippen LogP contribution in [0.15, 0.2) is 21.9 Å². The van der Waals surface area contributed by atoms with Crippen LogP contribution in [0.1, 0.15) is 0 Å². The first kappa shape index (κ1) is 12.1. The molecule has 3 rings (SSSR count). The smallest absolute Gasteiger partial charge is 0.304 e. The van der Waals surface area contributed by atoms with Crippen molar-refractivity contribution in [3.8, 4) is 0 Å². The lowest BCUT2D eigenvalue weighted by molar-refractivity contribution is 1.09. The Kier molecular flexibility index (Phi) is 2.94. The molecular weight excluding hydrogens is 285 g/mol. The molecule has 8 heteroatoms. The summed E-state index contributed by atoms with van der Waals surface area (Å²) >= 11 is 7.05. The maximum Gasteiger partial charge on any atom is 0.326 e. The van der Waals surface area contributed by atoms with E-state index < -0.39 is 11.2 Å². The average Bonchev–Trinajstić information content (AvgIpc) is 2.56. The number of hydrogen-bond acceptors (Lipinski definition) is 4. The zero-order chi connectivity index (χ0) is 11.3. The van der Waals surface area contributed by atoms with Crippen molar-refractivity contribution in [2.24, 2.45) is 0 Å². The van der Waals surface area contributed by atoms with Crippen molar-refractivity contribution in [2.45, 2.75) is 0 Å². The zero-order valence-electron chi connectivity index (χ0n) is 8.11. The largest absolute Gasteiger partial charge is 0.326 e. The molecular formula is C9H5Cl2N3O2S. The predicted octanol–water partition coefficient (Wildman–Crippen LogP) is 1.90. The first-order chi connectivity index (χ1) is 7.65. The van der Waals surface area contributed by atoms with Gasteiger partial charge in [0.25, 0.3) is 5.56 Å². The minimum absolute atomic E-state index is 0. The van der Waals surface area contributed by atoms with E-state index in [0.29, 0.717) is 20.8 Å². The van der Waals surface area contributed by atoms with Crippen LogP contribution in [0.5, 0.6) is 0 Å². The molecule has 0 aromatic carbocycles. The number of H-pyrrole nitrogens is 2. The van der Waals surface area contributed by atoms with E-state index in [1.807, 2.05) is 0 Å². The molecule has 3 aromatic heterocycles. The molecule has 17 heavy (non-hydrogen) atoms. The number of pyridine rings is 1. The maximum absolute atomic E-state index is 11.5. The van der Waals surface area contributed by atoms with E-state index in [-0.39, 0.29) is 12.4 Å². The fraction of sp³-hybridized carbons (Fsp3) is 0. The van der Waals surface area contributed by atoms with Gasteiger partial charge >= 0.3 is 5.69 Å². The molecule has 0 radical (unpaired) electrons. The molecule has 0 bridgehead atoms. The average molecular weight is 290 g/mol. The van der Waals surface area contributed by atoms with Crippen molar-refractivity contribution >= 4 is 55.8 Å². The Morgan fingerprint density at radius 2 is 2.06 bits per heavy atom. The number of thiophene rings is 1. The first-order valence-electron chi connectivity index (χ1n) is 4.35. The van der Waals surface area contributed by atoms with Gasteiger partial charge in [0.1, 0.15) is 10.2 Å². The van der Waals surface area contributed by atoms with Crippen LogP contribution in [0.2, 0.25) is 5.02 Å². The number of hydrogen-bond donors (Lipinski definition) is 2. The SMILES string of the molecule is Cl.O=c1[nH]c(=O)c2sc3cc(Cl)cnc3c2[nH]1. The van der Waals surface area contributed by atoms with E-state index in [4.69, 9.17) is 11.6 Å². The van der Waals surface area contributed by atoms with Gasteiger partial charge in [0.15, 0.2) is 0 Å². The zero-order valence-corrected chi connectivity index (χ0v) is 10.5. The normalized spacial score (nSPS) is 10.6. The van der Waals surface area contributed by atoms with Gasteiger partial charge in [-0.15, -0.1) is 23.7 Å². The fourth-order valence-electron chi connectivity index (χ4n) is 1.54. The highest BCUT2D eigenvalue weighted by molar-refractivity contribution is 7.25. The van der Waals surface area contributed by atoms with E-state index in [9.17, 15) is 9.59 Å². The van der Waals surface area contributed by atoms with E-state index in [0.717, 1.165) is 4.70 Å². The highest BCUT2D eigenvalue weighted by atomic mass is 35.5. The van der Waals surface area contributed by atoms with Crippen molar-refractivity contribution in [3.63, 3.8) is 0 Å². The second-order valence-electron chi connectivity index (χ2n) is 3.21. The summed E-state index contributed by atoms with van der Waals surface area (Å²) in [6.07, 6.45) is 1.48. The Bertz CT molecular complexity index is 820. The number of nitrogens with one attached hydrogen (secondary N) is 2. The third-order valence-corrected chi connectivity index (χ3v) is 3.50. The van der Waals surface area contributed by atoms with E-state index in [1.165, 1.54) is 17.5 Å². The highest BCUT2D eigenvalue weighted by Gasteiger charge is 2.10. The topological polar surface area (TPSA) is 78.6 Å². The number of aromatic amines is 2. The molecule has 0 atom stereocenters. The summed E-state index contributed by atoms with van der Waals surface area (Å²) in [5.74, 6) is 0. The summed E-state index contributed by atoms with van der Waals surface area (Å²) in [6.45, 7) is 0. The van der Waals surface area contributed by atoms with E-state index in [2.05, 4.69) is 15.0 Å². The van der Waals surface area contributed by atoms with Gasteiger partial charge in [0.05, 0.1) is 15.2 Å². The Morgan fingerprint density at radius 3 is 2.82 bits per heavy atom. The Balaban J connectivity index is 0.00000108. The van der Waals surface area contributed by atoms with Crippen molar-refractivity contribution in [3.05, 3.63) is 38.1 Å². The summed E-state index contributed by atoms with van der Waals surface area (Å²) < 4.78 is 1.22. The van der Waals surface area contributed by atoms with Gasteiger partial charge in [-0.25, -0.2) is 4.79 Å². The van der Waals surface area contributed by atoms with Crippen LogP contribution >= 0.6 is 35.3 Å². The molecule has 2 N–H and O–H groups in total. The van der Waals surface area contributed by atoms with Crippen LogP contribution in [0, 0.1) is 0 Å². The van der Waals surface area contributed by atoms with Crippen LogP contribution in [-0.4, -0.2) is 15.0 Å². The summed E-state index contributed by atoms with van der Waals surface area (Å²) in [6, 6.07) is 1.71. The van der Waals surface area contributed by atoms with Gasteiger partial charge in [-0.3, -0.25) is 14.8 Å². The van der Waals surface area contributed by atoms with Gasteiger partial charge in [0, 0.05) is 6.20 Å². The molecule has 0 saturated heterocycles. The lowest BCUT2D eigenvalue weighted by Crippen LogP contribution is -2.20. The molecule has 3 heterocycles. The van der Waals surface area contributed by atoms with Gasteiger partial charge in [-0.05, 0) is 6.07 Å². The monoisotopic (exact) mass is 289 g/mol. The van der Waals surface area contributed by atoms with Crippen LogP contribution < -0.4 is 11.2 Å². The second kappa shape index (κ2) is 4.14. The molecule has 0 aliphatic carbocycles. The number of nitrogens with zero attached hydrogens (tertiary/aromatic N) is 1. The lowest BCUT2D eigenvalue weighted by atomic mass is 10.3. The highest BCUT2D eigenvalue weighted by Crippen LogP contribution is 2.29. The maximum atomic E-state index is 11.5. The fourth-order valence-corrected chi connectivity index (χ4v) is 2.81. The third-order valence-electron chi connectivity index (χ3n) is 2.17. The number of aromatic nitrogens is 3. The van der Waals surface area contributed by atoms with Crippen LogP contribution in [0.4, 0.5) is 0 Å². The molecule has 0 unspecified atom stereocenters. The van der Waals surface area contributed by atoms with Crippen molar-refractivity contribution in [1.82, 2.24) is 15.0 Å². The molecule has 0 fully saturated rings. The molecule has 0 aliphatic heterocycles. The van der Waals surface area contributed by atoms with Crippen molar-refractivity contribution in [2.75, 3.05) is 0 Å². The van der Waals surface area contributed by atoms with E-state index >= 15 is 0 Å². The number of halogens is 2. The quantitative estimate of drug-likeness (QED) is 0.663. The summed E-state index contributed by atoms with van der Waals surface area (Å²) in [4.78, 5) is 31.5. The molecule has 0 saturated carbocycles. The minimum Gasteiger partial charge on any atom is -0.304 e. The minimum atomic E-state index is -0.533. The second-order valence-corrected chi connectivity index (χ2v) is 4.70. The van der Waals surface area contributed by atoms with Crippen LogP contribution in [-0.2, 0) is 0 Å². The summed E-state index contributed by atoms with van der Waals surface area (Å²) in [7, 11) is 0. The van der Waals surface area contributed by atoms with Crippen molar-refractivity contribution < 1.29 is 0 Å². The molecule has 0 amide bonds. The van der Waals surface area contributed by atoms with E-state index in [1.54, 1.807) is 6.07 Å². The number of rotatable bonds is 0. The van der Waals surface area contributed by atoms with Gasteiger partial charge in [-0.2, -0.15) is 0 Å². The van der Waals surface area contributed by atoms with Crippen LogP contribution in [0.25, 0.3) is 20.4 Å². The predicted molar refractivity (Wildman–Crippen MR) is 70.6 cm³/mol. The standard InChI is InChI=1S/C9H4ClN3O2S.ClH/c10-3-1-4-5(11-2-3)6-7(16-4)8(14)13-9(15)12-6;/h1-2H,(H2,12,13,14,15);1H. The Hall–Kier alpha value is -1.37. The number of fused-ring (bicyclic) bond motifs is 3. The Labute approximate surface area is 109 Å². The third kappa shape index (κ3) is 1.84. The molecule has 3 aromatic rings. The molecule has 88 valence electrons. The van der Waals surface area contributed by atoms with Crippen molar-refractivity contribution in [1.29, 1.82) is 0 Å². The first-order valence-corrected chi connectivity index (χ1v) is 5.55. The van der Waals surface area contributed by atoms with Gasteiger partial charge in [0.2, 0.25) is 0 Å². The van der Waals surface area contributed by atoms with Crippen LogP contribution in [0.3, 0.4) is 0 Å². The summed E-state index contributed by atoms with van der Waals surface area (Å²) in [5.41, 5.74) is 0.116. The lowest BCUT2D eigenvalue weighted by Gasteiger charge is -1.90. The molecule has 0 spiro atoms.